The van der Waals surface area contributed by atoms with Crippen LogP contribution in [-0.2, 0) is 10.0 Å². The molecule has 1 saturated carbocycles. The normalized spacial score (nSPS) is 14.0. The van der Waals surface area contributed by atoms with Gasteiger partial charge in [0.15, 0.2) is 5.69 Å². The number of aromatic amines is 1. The Balaban J connectivity index is 1.70. The van der Waals surface area contributed by atoms with Crippen molar-refractivity contribution in [2.75, 3.05) is 12.4 Å². The molecule has 9 nitrogen and oxygen atoms in total. The number of H-pyrrole nitrogens is 1. The summed E-state index contributed by atoms with van der Waals surface area (Å²) >= 11 is 0. The van der Waals surface area contributed by atoms with Crippen LogP contribution in [0.5, 0.6) is 5.75 Å². The molecule has 0 radical (unpaired) electrons. The van der Waals surface area contributed by atoms with Gasteiger partial charge in [-0.15, -0.1) is 0 Å². The number of benzene rings is 2. The van der Waals surface area contributed by atoms with E-state index in [1.165, 1.54) is 25.3 Å². The Hall–Kier alpha value is -3.24. The van der Waals surface area contributed by atoms with E-state index in [-0.39, 0.29) is 28.1 Å². The number of nitrogens with zero attached hydrogens (tertiary/aromatic N) is 1. The summed E-state index contributed by atoms with van der Waals surface area (Å²) in [6, 6.07) is 10.7. The van der Waals surface area contributed by atoms with Crippen LogP contribution in [0, 0.1) is 0 Å². The van der Waals surface area contributed by atoms with Crippen LogP contribution in [0.25, 0.3) is 10.8 Å². The second-order valence-electron chi connectivity index (χ2n) is 6.66. The molecule has 0 unspecified atom stereocenters. The maximum atomic E-state index is 12.8. The Labute approximate surface area is 166 Å². The van der Waals surface area contributed by atoms with Crippen molar-refractivity contribution in [1.29, 1.82) is 0 Å². The average molecular weight is 414 g/mol. The molecule has 3 aromatic rings. The van der Waals surface area contributed by atoms with Crippen molar-refractivity contribution in [2.45, 2.75) is 23.8 Å². The summed E-state index contributed by atoms with van der Waals surface area (Å²) in [5.41, 5.74) is -0.228. The van der Waals surface area contributed by atoms with Gasteiger partial charge in [-0.2, -0.15) is 5.10 Å². The fourth-order valence-corrected chi connectivity index (χ4v) is 4.24. The molecular formula is C19H18N4O5S. The molecule has 4 rings (SSSR count). The van der Waals surface area contributed by atoms with E-state index in [4.69, 9.17) is 4.74 Å². The summed E-state index contributed by atoms with van der Waals surface area (Å²) in [6.07, 6.45) is 1.62. The molecule has 0 aliphatic heterocycles. The number of amides is 1. The molecule has 1 amide bonds. The van der Waals surface area contributed by atoms with Crippen LogP contribution in [0.15, 0.2) is 52.2 Å². The third-order valence-corrected chi connectivity index (χ3v) is 6.06. The van der Waals surface area contributed by atoms with Gasteiger partial charge in [-0.25, -0.2) is 18.2 Å². The van der Waals surface area contributed by atoms with Gasteiger partial charge in [0, 0.05) is 11.4 Å². The standard InChI is InChI=1S/C19H18N4O5S/c1-28-16-9-8-12(29(26,27)23-11-6-7-11)10-15(16)20-19(25)17-13-4-2-3-5-14(13)18(24)22-21-17/h2-5,8-11,23H,6-7H2,1H3,(H,20,25)(H,22,24). The summed E-state index contributed by atoms with van der Waals surface area (Å²) in [4.78, 5) is 24.8. The Morgan fingerprint density at radius 3 is 2.59 bits per heavy atom. The van der Waals surface area contributed by atoms with Crippen LogP contribution < -0.4 is 20.3 Å². The van der Waals surface area contributed by atoms with Crippen molar-refractivity contribution in [1.82, 2.24) is 14.9 Å². The van der Waals surface area contributed by atoms with E-state index >= 15 is 0 Å². The van der Waals surface area contributed by atoms with Crippen molar-refractivity contribution in [3.8, 4) is 5.75 Å². The van der Waals surface area contributed by atoms with Crippen LogP contribution in [0.1, 0.15) is 23.3 Å². The summed E-state index contributed by atoms with van der Waals surface area (Å²) < 4.78 is 32.8. The topological polar surface area (TPSA) is 130 Å². The molecule has 1 aliphatic rings. The third kappa shape index (κ3) is 3.84. The van der Waals surface area contributed by atoms with Crippen molar-refractivity contribution in [3.05, 3.63) is 58.5 Å². The smallest absolute Gasteiger partial charge is 0.276 e. The minimum Gasteiger partial charge on any atom is -0.495 e. The number of aromatic nitrogens is 2. The highest BCUT2D eigenvalue weighted by atomic mass is 32.2. The number of methoxy groups -OCH3 is 1. The molecule has 1 aromatic heterocycles. The predicted octanol–water partition coefficient (Wildman–Crippen LogP) is 1.62. The molecule has 0 atom stereocenters. The Kier molecular flexibility index (Phi) is 4.81. The molecule has 29 heavy (non-hydrogen) atoms. The van der Waals surface area contributed by atoms with Gasteiger partial charge in [0.1, 0.15) is 5.75 Å². The number of anilines is 1. The molecule has 1 aliphatic carbocycles. The number of hydrogen-bond donors (Lipinski definition) is 3. The lowest BCUT2D eigenvalue weighted by molar-refractivity contribution is 0.102. The van der Waals surface area contributed by atoms with Crippen molar-refractivity contribution in [2.24, 2.45) is 0 Å². The maximum absolute atomic E-state index is 12.8. The second kappa shape index (κ2) is 7.30. The molecule has 0 spiro atoms. The molecule has 2 aromatic carbocycles. The molecule has 3 N–H and O–H groups in total. The minimum absolute atomic E-state index is 0.00613. The summed E-state index contributed by atoms with van der Waals surface area (Å²) in [5, 5.41) is 9.49. The monoisotopic (exact) mass is 414 g/mol. The van der Waals surface area contributed by atoms with Crippen LogP contribution >= 0.6 is 0 Å². The van der Waals surface area contributed by atoms with Gasteiger partial charge in [-0.05, 0) is 37.1 Å². The van der Waals surface area contributed by atoms with Crippen LogP contribution in [0.4, 0.5) is 5.69 Å². The number of carbonyl (C=O) groups excluding carboxylic acids is 1. The number of sulfonamides is 1. The quantitative estimate of drug-likeness (QED) is 0.562. The molecule has 1 heterocycles. The first-order chi connectivity index (χ1) is 13.9. The lowest BCUT2D eigenvalue weighted by atomic mass is 10.1. The molecule has 150 valence electrons. The van der Waals surface area contributed by atoms with Gasteiger partial charge in [0.05, 0.1) is 23.1 Å². The van der Waals surface area contributed by atoms with Gasteiger partial charge in [-0.1, -0.05) is 18.2 Å². The number of rotatable bonds is 6. The van der Waals surface area contributed by atoms with E-state index < -0.39 is 21.5 Å². The predicted molar refractivity (Wildman–Crippen MR) is 107 cm³/mol. The van der Waals surface area contributed by atoms with E-state index in [0.29, 0.717) is 10.8 Å². The van der Waals surface area contributed by atoms with Gasteiger partial charge < -0.3 is 10.1 Å². The summed E-state index contributed by atoms with van der Waals surface area (Å²) in [7, 11) is -2.29. The fraction of sp³-hybridized carbons (Fsp3) is 0.211. The first-order valence-electron chi connectivity index (χ1n) is 8.88. The van der Waals surface area contributed by atoms with Crippen LogP contribution in [0.2, 0.25) is 0 Å². The number of carbonyl (C=O) groups is 1. The lowest BCUT2D eigenvalue weighted by Gasteiger charge is -2.13. The Morgan fingerprint density at radius 2 is 1.90 bits per heavy atom. The van der Waals surface area contributed by atoms with Crippen molar-refractivity contribution < 1.29 is 17.9 Å². The number of nitrogens with one attached hydrogen (secondary N) is 3. The highest BCUT2D eigenvalue weighted by molar-refractivity contribution is 7.89. The molecule has 1 fully saturated rings. The first kappa shape index (κ1) is 19.1. The number of fused-ring (bicyclic) bond motifs is 1. The first-order valence-corrected chi connectivity index (χ1v) is 10.4. The molecular weight excluding hydrogens is 396 g/mol. The van der Waals surface area contributed by atoms with Gasteiger partial charge >= 0.3 is 0 Å². The van der Waals surface area contributed by atoms with Gasteiger partial charge in [-0.3, -0.25) is 9.59 Å². The summed E-state index contributed by atoms with van der Waals surface area (Å²) in [5.74, 6) is -0.321. The lowest BCUT2D eigenvalue weighted by Crippen LogP contribution is -2.26. The van der Waals surface area contributed by atoms with Crippen molar-refractivity contribution >= 4 is 32.4 Å². The van der Waals surface area contributed by atoms with E-state index in [1.54, 1.807) is 24.3 Å². The average Bonchev–Trinajstić information content (AvgIpc) is 3.51. The van der Waals surface area contributed by atoms with E-state index in [2.05, 4.69) is 20.2 Å². The Bertz CT molecular complexity index is 1270. The SMILES string of the molecule is COc1ccc(S(=O)(=O)NC2CC2)cc1NC(=O)c1n[nH]c(=O)c2ccccc12. The second-order valence-corrected chi connectivity index (χ2v) is 8.37. The zero-order valence-electron chi connectivity index (χ0n) is 15.4. The zero-order chi connectivity index (χ0) is 20.6. The number of hydrogen-bond acceptors (Lipinski definition) is 6. The summed E-state index contributed by atoms with van der Waals surface area (Å²) in [6.45, 7) is 0. The van der Waals surface area contributed by atoms with Crippen LogP contribution in [0.3, 0.4) is 0 Å². The fourth-order valence-electron chi connectivity index (χ4n) is 2.91. The van der Waals surface area contributed by atoms with E-state index in [1.807, 2.05) is 0 Å². The van der Waals surface area contributed by atoms with E-state index in [0.717, 1.165) is 12.8 Å². The van der Waals surface area contributed by atoms with Gasteiger partial charge in [0.2, 0.25) is 10.0 Å². The molecule has 0 bridgehead atoms. The largest absolute Gasteiger partial charge is 0.495 e. The van der Waals surface area contributed by atoms with E-state index in [9.17, 15) is 18.0 Å². The molecule has 10 heteroatoms. The van der Waals surface area contributed by atoms with Crippen LogP contribution in [-0.4, -0.2) is 37.7 Å². The highest BCUT2D eigenvalue weighted by Crippen LogP contribution is 2.29. The van der Waals surface area contributed by atoms with Crippen molar-refractivity contribution in [3.63, 3.8) is 0 Å². The third-order valence-electron chi connectivity index (χ3n) is 4.54. The Morgan fingerprint density at radius 1 is 1.17 bits per heavy atom. The minimum atomic E-state index is -3.71. The van der Waals surface area contributed by atoms with Gasteiger partial charge in [0.25, 0.3) is 11.5 Å². The maximum Gasteiger partial charge on any atom is 0.276 e. The molecule has 0 saturated heterocycles. The highest BCUT2D eigenvalue weighted by Gasteiger charge is 2.28. The zero-order valence-corrected chi connectivity index (χ0v) is 16.2. The number of ether oxygens (including phenoxy) is 1.